The zero-order chi connectivity index (χ0) is 11.7. The maximum Gasteiger partial charge on any atom is 0.152 e. The standard InChI is InChI=1S/C10H21NO.C2H6.H2/c1-6-11-9(7(2)3)10(12)8(4)5;1-2;/h7-9,11H,6H2,1-5H3;1-2H3;1H/t9-;;/m0../s1. The Hall–Kier alpha value is -0.370. The van der Waals surface area contributed by atoms with Crippen LogP contribution in [0.1, 0.15) is 49.9 Å². The largest absolute Gasteiger partial charge is 0.308 e. The molecule has 0 fully saturated rings. The molecule has 0 aromatic carbocycles. The van der Waals surface area contributed by atoms with E-state index in [1.54, 1.807) is 0 Å². The van der Waals surface area contributed by atoms with Crippen LogP contribution in [0, 0.1) is 11.8 Å². The van der Waals surface area contributed by atoms with Crippen molar-refractivity contribution >= 4 is 5.78 Å². The fourth-order valence-electron chi connectivity index (χ4n) is 1.24. The Kier molecular flexibility index (Phi) is 10.6. The van der Waals surface area contributed by atoms with E-state index in [2.05, 4.69) is 19.2 Å². The predicted octanol–water partition coefficient (Wildman–Crippen LogP) is 3.12. The van der Waals surface area contributed by atoms with Gasteiger partial charge in [0.05, 0.1) is 6.04 Å². The lowest BCUT2D eigenvalue weighted by molar-refractivity contribution is -0.124. The average Bonchev–Trinajstić information content (AvgIpc) is 2.15. The quantitative estimate of drug-likeness (QED) is 0.744. The molecule has 0 aromatic heterocycles. The van der Waals surface area contributed by atoms with Crippen LogP contribution in [0.4, 0.5) is 0 Å². The molecule has 14 heavy (non-hydrogen) atoms. The molecule has 0 bridgehead atoms. The van der Waals surface area contributed by atoms with Crippen molar-refractivity contribution in [2.45, 2.75) is 54.5 Å². The van der Waals surface area contributed by atoms with Gasteiger partial charge in [0.15, 0.2) is 5.78 Å². The first-order valence-electron chi connectivity index (χ1n) is 5.77. The zero-order valence-electron chi connectivity index (χ0n) is 10.8. The normalized spacial score (nSPS) is 12.4. The first-order chi connectivity index (χ1) is 6.50. The number of likely N-dealkylation sites (N-methyl/N-ethyl adjacent to an activating group) is 1. The Labute approximate surface area is 91.0 Å². The monoisotopic (exact) mass is 203 g/mol. The van der Waals surface area contributed by atoms with Crippen molar-refractivity contribution in [3.8, 4) is 0 Å². The number of ketones is 1. The zero-order valence-corrected chi connectivity index (χ0v) is 10.8. The molecular formula is C12H29NO. The van der Waals surface area contributed by atoms with E-state index in [1.807, 2.05) is 34.6 Å². The van der Waals surface area contributed by atoms with Crippen molar-refractivity contribution in [2.75, 3.05) is 6.54 Å². The molecule has 0 rings (SSSR count). The molecule has 0 aliphatic rings. The summed E-state index contributed by atoms with van der Waals surface area (Å²) in [7, 11) is 0. The molecule has 88 valence electrons. The molecule has 2 nitrogen and oxygen atoms in total. The highest BCUT2D eigenvalue weighted by Gasteiger charge is 2.22. The van der Waals surface area contributed by atoms with Gasteiger partial charge in [-0.25, -0.2) is 0 Å². The van der Waals surface area contributed by atoms with Crippen molar-refractivity contribution in [1.82, 2.24) is 5.32 Å². The molecule has 0 heterocycles. The summed E-state index contributed by atoms with van der Waals surface area (Å²) in [5.41, 5.74) is 0. The van der Waals surface area contributed by atoms with Gasteiger partial charge in [-0.15, -0.1) is 0 Å². The molecule has 1 N–H and O–H groups in total. The molecule has 0 spiro atoms. The molecule has 0 aliphatic carbocycles. The lowest BCUT2D eigenvalue weighted by Gasteiger charge is -2.22. The maximum absolute atomic E-state index is 11.6. The summed E-state index contributed by atoms with van der Waals surface area (Å²) >= 11 is 0. The van der Waals surface area contributed by atoms with E-state index in [-0.39, 0.29) is 13.4 Å². The summed E-state index contributed by atoms with van der Waals surface area (Å²) in [4.78, 5) is 11.6. The van der Waals surface area contributed by atoms with Gasteiger partial charge in [-0.05, 0) is 12.5 Å². The van der Waals surface area contributed by atoms with E-state index >= 15 is 0 Å². The molecule has 0 saturated carbocycles. The molecule has 0 amide bonds. The smallest absolute Gasteiger partial charge is 0.152 e. The highest BCUT2D eigenvalue weighted by atomic mass is 16.1. The lowest BCUT2D eigenvalue weighted by atomic mass is 9.93. The van der Waals surface area contributed by atoms with Crippen LogP contribution in [-0.4, -0.2) is 18.4 Å². The van der Waals surface area contributed by atoms with Gasteiger partial charge in [0.2, 0.25) is 0 Å². The second-order valence-corrected chi connectivity index (χ2v) is 3.84. The molecule has 0 aromatic rings. The SMILES string of the molecule is CC.CCN[C@H](C(=O)C(C)C)C(C)C.[HH]. The van der Waals surface area contributed by atoms with Crippen molar-refractivity contribution in [2.24, 2.45) is 11.8 Å². The molecule has 2 heteroatoms. The number of nitrogens with one attached hydrogen (secondary N) is 1. The van der Waals surface area contributed by atoms with Crippen LogP contribution in [0.25, 0.3) is 0 Å². The van der Waals surface area contributed by atoms with Crippen molar-refractivity contribution in [3.63, 3.8) is 0 Å². The molecule has 0 saturated heterocycles. The Morgan fingerprint density at radius 3 is 1.86 bits per heavy atom. The van der Waals surface area contributed by atoms with Gasteiger partial charge in [0.25, 0.3) is 0 Å². The summed E-state index contributed by atoms with van der Waals surface area (Å²) in [5.74, 6) is 0.850. The molecule has 1 atom stereocenters. The van der Waals surface area contributed by atoms with Crippen LogP contribution < -0.4 is 5.32 Å². The number of hydrogen-bond acceptors (Lipinski definition) is 2. The van der Waals surface area contributed by atoms with Gasteiger partial charge in [-0.1, -0.05) is 48.5 Å². The molecule has 0 unspecified atom stereocenters. The minimum absolute atomic E-state index is 0. The topological polar surface area (TPSA) is 29.1 Å². The summed E-state index contributed by atoms with van der Waals surface area (Å²) in [6.45, 7) is 15.0. The number of hydrogen-bond donors (Lipinski definition) is 1. The molecule has 0 radical (unpaired) electrons. The van der Waals surface area contributed by atoms with Crippen molar-refractivity contribution < 1.29 is 6.22 Å². The van der Waals surface area contributed by atoms with E-state index < -0.39 is 0 Å². The van der Waals surface area contributed by atoms with Crippen LogP contribution in [0.3, 0.4) is 0 Å². The minimum atomic E-state index is 0. The molecule has 0 aliphatic heterocycles. The van der Waals surface area contributed by atoms with Crippen molar-refractivity contribution in [1.29, 1.82) is 0 Å². The third kappa shape index (κ3) is 6.14. The predicted molar refractivity (Wildman–Crippen MR) is 65.6 cm³/mol. The van der Waals surface area contributed by atoms with Crippen LogP contribution in [0.15, 0.2) is 0 Å². The lowest BCUT2D eigenvalue weighted by Crippen LogP contribution is -2.42. The Bertz CT molecular complexity index is 147. The third-order valence-electron chi connectivity index (χ3n) is 1.97. The van der Waals surface area contributed by atoms with Crippen LogP contribution >= 0.6 is 0 Å². The summed E-state index contributed by atoms with van der Waals surface area (Å²) in [5, 5.41) is 3.21. The summed E-state index contributed by atoms with van der Waals surface area (Å²) in [6, 6.07) is 0.0370. The van der Waals surface area contributed by atoms with Gasteiger partial charge < -0.3 is 5.32 Å². The highest BCUT2D eigenvalue weighted by Crippen LogP contribution is 2.08. The molecular weight excluding hydrogens is 174 g/mol. The van der Waals surface area contributed by atoms with Gasteiger partial charge in [-0.2, -0.15) is 0 Å². The minimum Gasteiger partial charge on any atom is -0.308 e. The number of carbonyl (C=O) groups excluding carboxylic acids is 1. The maximum atomic E-state index is 11.6. The van der Waals surface area contributed by atoms with Gasteiger partial charge >= 0.3 is 0 Å². The van der Waals surface area contributed by atoms with E-state index in [9.17, 15) is 4.79 Å². The number of carbonyl (C=O) groups is 1. The fourth-order valence-corrected chi connectivity index (χ4v) is 1.24. The average molecular weight is 203 g/mol. The summed E-state index contributed by atoms with van der Waals surface area (Å²) in [6.07, 6.45) is 0. The number of rotatable bonds is 5. The van der Waals surface area contributed by atoms with Gasteiger partial charge in [0.1, 0.15) is 0 Å². The first-order valence-corrected chi connectivity index (χ1v) is 5.77. The second kappa shape index (κ2) is 9.20. The van der Waals surface area contributed by atoms with E-state index in [1.165, 1.54) is 0 Å². The van der Waals surface area contributed by atoms with E-state index in [0.29, 0.717) is 11.7 Å². The highest BCUT2D eigenvalue weighted by molar-refractivity contribution is 5.85. The fraction of sp³-hybridized carbons (Fsp3) is 0.917. The van der Waals surface area contributed by atoms with Crippen LogP contribution in [-0.2, 0) is 4.79 Å². The Morgan fingerprint density at radius 2 is 1.64 bits per heavy atom. The van der Waals surface area contributed by atoms with Crippen molar-refractivity contribution in [3.05, 3.63) is 0 Å². The van der Waals surface area contributed by atoms with Crippen LogP contribution in [0.5, 0.6) is 0 Å². The van der Waals surface area contributed by atoms with Crippen LogP contribution in [0.2, 0.25) is 0 Å². The third-order valence-corrected chi connectivity index (χ3v) is 1.97. The van der Waals surface area contributed by atoms with Gasteiger partial charge in [0, 0.05) is 7.34 Å². The first kappa shape index (κ1) is 16.1. The van der Waals surface area contributed by atoms with Gasteiger partial charge in [-0.3, -0.25) is 4.79 Å². The number of Topliss-reactive ketones (excluding diaryl/α,β-unsaturated/α-hetero) is 1. The van der Waals surface area contributed by atoms with E-state index in [0.717, 1.165) is 6.54 Å². The second-order valence-electron chi connectivity index (χ2n) is 3.84. The summed E-state index contributed by atoms with van der Waals surface area (Å²) < 4.78 is 0. The Balaban J connectivity index is -0.000000449. The van der Waals surface area contributed by atoms with E-state index in [4.69, 9.17) is 0 Å². The Morgan fingerprint density at radius 1 is 1.21 bits per heavy atom.